The first-order valence-electron chi connectivity index (χ1n) is 4.62. The van der Waals surface area contributed by atoms with Gasteiger partial charge in [0.1, 0.15) is 11.9 Å². The number of likely N-dealkylation sites (N-methyl/N-ethyl adjacent to an activating group) is 1. The Balaban J connectivity index is 3.03. The van der Waals surface area contributed by atoms with Crippen molar-refractivity contribution >= 4 is 27.5 Å². The molecule has 16 heavy (non-hydrogen) atoms. The molecule has 0 heterocycles. The topological polar surface area (TPSA) is 52.5 Å². The van der Waals surface area contributed by atoms with Gasteiger partial charge in [-0.1, -0.05) is 27.5 Å². The van der Waals surface area contributed by atoms with Crippen LogP contribution in [0.2, 0.25) is 5.02 Å². The summed E-state index contributed by atoms with van der Waals surface area (Å²) in [5, 5.41) is 22.2. The molecule has 0 bridgehead atoms. The first-order chi connectivity index (χ1) is 7.47. The molecule has 1 aromatic rings. The fourth-order valence-electron chi connectivity index (χ4n) is 1.35. The van der Waals surface area contributed by atoms with E-state index in [1.807, 2.05) is 0 Å². The number of halogens is 3. The molecule has 0 aliphatic rings. The summed E-state index contributed by atoms with van der Waals surface area (Å²) in [6, 6.07) is 2.56. The second kappa shape index (κ2) is 5.93. The minimum Gasteiger partial charge on any atom is -0.389 e. The van der Waals surface area contributed by atoms with E-state index in [1.165, 1.54) is 6.07 Å². The lowest BCUT2D eigenvalue weighted by Gasteiger charge is -2.19. The van der Waals surface area contributed by atoms with Crippen molar-refractivity contribution in [3.63, 3.8) is 0 Å². The van der Waals surface area contributed by atoms with Gasteiger partial charge in [-0.3, -0.25) is 0 Å². The Morgan fingerprint density at radius 2 is 2.12 bits per heavy atom. The summed E-state index contributed by atoms with van der Waals surface area (Å²) in [7, 11) is 1.63. The number of aliphatic hydroxyl groups is 2. The number of hydrogen-bond acceptors (Lipinski definition) is 3. The molecular weight excluding hydrogens is 300 g/mol. The molecule has 1 aromatic carbocycles. The SMILES string of the molecule is CNCC(O)C(O)c1c(F)cc(Cl)cc1Br. The number of aliphatic hydroxyl groups excluding tert-OH is 2. The van der Waals surface area contributed by atoms with E-state index >= 15 is 0 Å². The summed E-state index contributed by atoms with van der Waals surface area (Å²) in [4.78, 5) is 0. The lowest BCUT2D eigenvalue weighted by Crippen LogP contribution is -2.30. The van der Waals surface area contributed by atoms with Gasteiger partial charge >= 0.3 is 0 Å². The predicted molar refractivity (Wildman–Crippen MR) is 64.0 cm³/mol. The average molecular weight is 313 g/mol. The van der Waals surface area contributed by atoms with E-state index in [4.69, 9.17) is 11.6 Å². The molecule has 2 unspecified atom stereocenters. The number of benzene rings is 1. The predicted octanol–water partition coefficient (Wildman–Crippen LogP) is 1.86. The van der Waals surface area contributed by atoms with Crippen LogP contribution in [-0.2, 0) is 0 Å². The molecule has 0 aliphatic heterocycles. The van der Waals surface area contributed by atoms with Crippen LogP contribution >= 0.6 is 27.5 Å². The molecule has 0 aliphatic carbocycles. The van der Waals surface area contributed by atoms with E-state index in [-0.39, 0.29) is 17.1 Å². The molecule has 0 fully saturated rings. The van der Waals surface area contributed by atoms with Crippen molar-refractivity contribution in [2.75, 3.05) is 13.6 Å². The van der Waals surface area contributed by atoms with Gasteiger partial charge in [0.05, 0.1) is 6.10 Å². The van der Waals surface area contributed by atoms with E-state index in [2.05, 4.69) is 21.2 Å². The van der Waals surface area contributed by atoms with Crippen LogP contribution in [0.1, 0.15) is 11.7 Å². The lowest BCUT2D eigenvalue weighted by molar-refractivity contribution is 0.0177. The number of nitrogens with one attached hydrogen (secondary N) is 1. The van der Waals surface area contributed by atoms with Crippen molar-refractivity contribution in [3.8, 4) is 0 Å². The van der Waals surface area contributed by atoms with Crippen molar-refractivity contribution in [3.05, 3.63) is 33.0 Å². The summed E-state index contributed by atoms with van der Waals surface area (Å²) < 4.78 is 13.9. The molecule has 0 amide bonds. The quantitative estimate of drug-likeness (QED) is 0.795. The molecule has 0 aromatic heterocycles. The van der Waals surface area contributed by atoms with Crippen LogP contribution in [0.25, 0.3) is 0 Å². The van der Waals surface area contributed by atoms with Crippen LogP contribution in [-0.4, -0.2) is 29.9 Å². The second-order valence-corrected chi connectivity index (χ2v) is 4.64. The van der Waals surface area contributed by atoms with Gasteiger partial charge in [0.15, 0.2) is 0 Å². The minimum atomic E-state index is -1.31. The van der Waals surface area contributed by atoms with E-state index in [9.17, 15) is 14.6 Å². The molecule has 0 saturated heterocycles. The largest absolute Gasteiger partial charge is 0.389 e. The highest BCUT2D eigenvalue weighted by Crippen LogP contribution is 2.31. The Bertz CT molecular complexity index is 355. The Hall–Kier alpha value is -0.200. The summed E-state index contributed by atoms with van der Waals surface area (Å²) in [6.45, 7) is 0.162. The van der Waals surface area contributed by atoms with E-state index in [0.717, 1.165) is 6.07 Å². The highest BCUT2D eigenvalue weighted by atomic mass is 79.9. The lowest BCUT2D eigenvalue weighted by atomic mass is 10.0. The van der Waals surface area contributed by atoms with Crippen molar-refractivity contribution in [2.24, 2.45) is 0 Å². The molecule has 2 atom stereocenters. The zero-order valence-electron chi connectivity index (χ0n) is 8.54. The fourth-order valence-corrected chi connectivity index (χ4v) is 2.36. The van der Waals surface area contributed by atoms with Crippen LogP contribution in [0.3, 0.4) is 0 Å². The third-order valence-corrected chi connectivity index (χ3v) is 2.99. The summed E-state index contributed by atoms with van der Waals surface area (Å²) in [6.07, 6.45) is -2.39. The standard InChI is InChI=1S/C10H12BrClFNO2/c1-14-4-8(15)10(16)9-6(11)2-5(12)3-7(9)13/h2-3,8,10,14-16H,4H2,1H3. The zero-order valence-corrected chi connectivity index (χ0v) is 10.9. The van der Waals surface area contributed by atoms with Gasteiger partial charge in [-0.25, -0.2) is 4.39 Å². The summed E-state index contributed by atoms with van der Waals surface area (Å²) in [5.74, 6) is -0.651. The molecule has 6 heteroatoms. The van der Waals surface area contributed by atoms with Crippen molar-refractivity contribution < 1.29 is 14.6 Å². The Labute approximate surface area is 106 Å². The number of rotatable bonds is 4. The molecule has 0 spiro atoms. The maximum absolute atomic E-state index is 13.6. The highest BCUT2D eigenvalue weighted by molar-refractivity contribution is 9.10. The van der Waals surface area contributed by atoms with Crippen LogP contribution in [0, 0.1) is 5.82 Å². The monoisotopic (exact) mass is 311 g/mol. The van der Waals surface area contributed by atoms with E-state index in [0.29, 0.717) is 4.47 Å². The average Bonchev–Trinajstić information content (AvgIpc) is 2.16. The summed E-state index contributed by atoms with van der Waals surface area (Å²) in [5.41, 5.74) is 0.00662. The van der Waals surface area contributed by atoms with Crippen LogP contribution in [0.5, 0.6) is 0 Å². The van der Waals surface area contributed by atoms with Crippen LogP contribution < -0.4 is 5.32 Å². The fraction of sp³-hybridized carbons (Fsp3) is 0.400. The third-order valence-electron chi connectivity index (χ3n) is 2.12. The van der Waals surface area contributed by atoms with Gasteiger partial charge in [-0.05, 0) is 19.2 Å². The molecular formula is C10H12BrClFNO2. The Morgan fingerprint density at radius 3 is 2.62 bits per heavy atom. The first kappa shape index (κ1) is 13.9. The molecule has 0 radical (unpaired) electrons. The minimum absolute atomic E-state index is 0.00662. The second-order valence-electron chi connectivity index (χ2n) is 3.35. The van der Waals surface area contributed by atoms with Gasteiger partial charge in [-0.15, -0.1) is 0 Å². The smallest absolute Gasteiger partial charge is 0.131 e. The van der Waals surface area contributed by atoms with Crippen molar-refractivity contribution in [1.29, 1.82) is 0 Å². The van der Waals surface area contributed by atoms with E-state index in [1.54, 1.807) is 7.05 Å². The Morgan fingerprint density at radius 1 is 1.50 bits per heavy atom. The third kappa shape index (κ3) is 3.15. The molecule has 3 N–H and O–H groups in total. The van der Waals surface area contributed by atoms with Gasteiger partial charge in [0.2, 0.25) is 0 Å². The maximum Gasteiger partial charge on any atom is 0.131 e. The van der Waals surface area contributed by atoms with Gasteiger partial charge < -0.3 is 15.5 Å². The number of hydrogen-bond donors (Lipinski definition) is 3. The Kier molecular flexibility index (Phi) is 5.14. The van der Waals surface area contributed by atoms with Crippen molar-refractivity contribution in [1.82, 2.24) is 5.32 Å². The normalized spacial score (nSPS) is 14.9. The highest BCUT2D eigenvalue weighted by Gasteiger charge is 2.23. The molecule has 90 valence electrons. The zero-order chi connectivity index (χ0) is 12.3. The van der Waals surface area contributed by atoms with Gasteiger partial charge in [-0.2, -0.15) is 0 Å². The van der Waals surface area contributed by atoms with E-state index < -0.39 is 18.0 Å². The van der Waals surface area contributed by atoms with Crippen LogP contribution in [0.4, 0.5) is 4.39 Å². The molecule has 1 rings (SSSR count). The molecule has 0 saturated carbocycles. The van der Waals surface area contributed by atoms with Crippen molar-refractivity contribution in [2.45, 2.75) is 12.2 Å². The van der Waals surface area contributed by atoms with Gasteiger partial charge in [0.25, 0.3) is 0 Å². The molecule has 3 nitrogen and oxygen atoms in total. The summed E-state index contributed by atoms with van der Waals surface area (Å²) >= 11 is 8.74. The van der Waals surface area contributed by atoms with Gasteiger partial charge in [0, 0.05) is 21.6 Å². The first-order valence-corrected chi connectivity index (χ1v) is 5.79. The van der Waals surface area contributed by atoms with Crippen LogP contribution in [0.15, 0.2) is 16.6 Å². The maximum atomic E-state index is 13.6.